The average molecular weight is 261 g/mol. The number of nitrogens with one attached hydrogen (secondary N) is 1. The average Bonchev–Trinajstić information content (AvgIpc) is 2.78. The molecule has 1 aliphatic rings. The highest BCUT2D eigenvalue weighted by molar-refractivity contribution is 6.06. The van der Waals surface area contributed by atoms with E-state index in [2.05, 4.69) is 15.2 Å². The number of carbonyl (C=O) groups is 2. The van der Waals surface area contributed by atoms with Crippen LogP contribution < -0.4 is 5.32 Å². The molecule has 0 fully saturated rings. The van der Waals surface area contributed by atoms with Gasteiger partial charge < -0.3 is 10.1 Å². The number of methoxy groups -OCH3 is 1. The van der Waals surface area contributed by atoms with E-state index in [1.165, 1.54) is 12.1 Å². The monoisotopic (exact) mass is 261 g/mol. The lowest BCUT2D eigenvalue weighted by atomic mass is 10.2. The van der Waals surface area contributed by atoms with Gasteiger partial charge in [0.2, 0.25) is 5.91 Å². The third kappa shape index (κ3) is 3.54. The van der Waals surface area contributed by atoms with Gasteiger partial charge in [0.1, 0.15) is 0 Å². The highest BCUT2D eigenvalue weighted by atomic mass is 16.5. The quantitative estimate of drug-likeness (QED) is 0.883. The summed E-state index contributed by atoms with van der Waals surface area (Å²) in [5, 5.41) is 8.13. The molecule has 19 heavy (non-hydrogen) atoms. The molecule has 1 aromatic carbocycles. The van der Waals surface area contributed by atoms with Gasteiger partial charge in [-0.05, 0) is 5.56 Å². The van der Waals surface area contributed by atoms with Crippen LogP contribution >= 0.6 is 0 Å². The topological polar surface area (TPSA) is 71.0 Å². The number of hydrogen-bond donors (Lipinski definition) is 1. The van der Waals surface area contributed by atoms with Crippen LogP contribution in [0.25, 0.3) is 0 Å². The maximum Gasteiger partial charge on any atom is 0.407 e. The highest BCUT2D eigenvalue weighted by Crippen LogP contribution is 2.12. The third-order valence-corrected chi connectivity index (χ3v) is 2.70. The molecule has 0 unspecified atom stereocenters. The SMILES string of the molecule is COC(=O)NCC1=NN(Cc2ccccc2)C(=O)C1. The molecular formula is C13H15N3O3. The van der Waals surface area contributed by atoms with Crippen LogP contribution in [0.2, 0.25) is 0 Å². The number of nitrogens with zero attached hydrogens (tertiary/aromatic N) is 2. The first kappa shape index (κ1) is 13.1. The Labute approximate surface area is 111 Å². The van der Waals surface area contributed by atoms with E-state index >= 15 is 0 Å². The van der Waals surface area contributed by atoms with Crippen LogP contribution in [0, 0.1) is 0 Å². The van der Waals surface area contributed by atoms with Crippen LogP contribution in [0.4, 0.5) is 4.79 Å². The van der Waals surface area contributed by atoms with Crippen molar-refractivity contribution in [2.24, 2.45) is 5.10 Å². The highest BCUT2D eigenvalue weighted by Gasteiger charge is 2.23. The third-order valence-electron chi connectivity index (χ3n) is 2.70. The van der Waals surface area contributed by atoms with Crippen LogP contribution in [-0.4, -0.2) is 36.4 Å². The van der Waals surface area contributed by atoms with E-state index in [-0.39, 0.29) is 18.9 Å². The first-order valence-electron chi connectivity index (χ1n) is 5.91. The summed E-state index contributed by atoms with van der Waals surface area (Å²) in [6.45, 7) is 0.672. The number of benzene rings is 1. The number of carbonyl (C=O) groups excluding carboxylic acids is 2. The van der Waals surface area contributed by atoms with Crippen molar-refractivity contribution in [3.63, 3.8) is 0 Å². The summed E-state index contributed by atoms with van der Waals surface area (Å²) in [6.07, 6.45) is -0.298. The van der Waals surface area contributed by atoms with Crippen molar-refractivity contribution >= 4 is 17.7 Å². The zero-order chi connectivity index (χ0) is 13.7. The van der Waals surface area contributed by atoms with E-state index in [4.69, 9.17) is 0 Å². The predicted octanol–water partition coefficient (Wildman–Crippen LogP) is 1.13. The van der Waals surface area contributed by atoms with Crippen LogP contribution in [0.3, 0.4) is 0 Å². The molecule has 0 radical (unpaired) electrons. The largest absolute Gasteiger partial charge is 0.453 e. The molecule has 0 spiro atoms. The zero-order valence-electron chi connectivity index (χ0n) is 10.6. The number of rotatable bonds is 4. The fourth-order valence-corrected chi connectivity index (χ4v) is 1.75. The van der Waals surface area contributed by atoms with Crippen molar-refractivity contribution < 1.29 is 14.3 Å². The minimum absolute atomic E-state index is 0.0643. The summed E-state index contributed by atoms with van der Waals surface area (Å²) in [5.74, 6) is -0.0643. The van der Waals surface area contributed by atoms with Gasteiger partial charge in [-0.3, -0.25) is 4.79 Å². The molecule has 1 aliphatic heterocycles. The van der Waals surface area contributed by atoms with E-state index in [9.17, 15) is 9.59 Å². The van der Waals surface area contributed by atoms with Crippen LogP contribution in [0.1, 0.15) is 12.0 Å². The van der Waals surface area contributed by atoms with Gasteiger partial charge in [-0.25, -0.2) is 9.80 Å². The van der Waals surface area contributed by atoms with Gasteiger partial charge in [-0.2, -0.15) is 5.10 Å². The van der Waals surface area contributed by atoms with Crippen molar-refractivity contribution in [2.45, 2.75) is 13.0 Å². The molecule has 1 N–H and O–H groups in total. The van der Waals surface area contributed by atoms with Crippen molar-refractivity contribution in [3.05, 3.63) is 35.9 Å². The number of amides is 2. The lowest BCUT2D eigenvalue weighted by Crippen LogP contribution is -2.28. The number of hydrazone groups is 1. The Morgan fingerprint density at radius 3 is 2.84 bits per heavy atom. The Hall–Kier alpha value is -2.37. The van der Waals surface area contributed by atoms with Crippen molar-refractivity contribution in [2.75, 3.05) is 13.7 Å². The lowest BCUT2D eigenvalue weighted by Gasteiger charge is -2.11. The maximum absolute atomic E-state index is 11.8. The Morgan fingerprint density at radius 2 is 2.16 bits per heavy atom. The second kappa shape index (κ2) is 5.99. The Morgan fingerprint density at radius 1 is 1.42 bits per heavy atom. The fourth-order valence-electron chi connectivity index (χ4n) is 1.75. The molecule has 2 amide bonds. The van der Waals surface area contributed by atoms with Crippen LogP contribution in [-0.2, 0) is 16.1 Å². The molecular weight excluding hydrogens is 246 g/mol. The van der Waals surface area contributed by atoms with Gasteiger partial charge >= 0.3 is 6.09 Å². The maximum atomic E-state index is 11.8. The van der Waals surface area contributed by atoms with E-state index < -0.39 is 6.09 Å². The smallest absolute Gasteiger partial charge is 0.407 e. The van der Waals surface area contributed by atoms with Crippen molar-refractivity contribution in [1.29, 1.82) is 0 Å². The minimum Gasteiger partial charge on any atom is -0.453 e. The van der Waals surface area contributed by atoms with E-state index in [1.54, 1.807) is 0 Å². The molecule has 1 heterocycles. The summed E-state index contributed by atoms with van der Waals surface area (Å²) in [4.78, 5) is 22.7. The first-order valence-corrected chi connectivity index (χ1v) is 5.91. The summed E-state index contributed by atoms with van der Waals surface area (Å²) in [5.41, 5.74) is 1.65. The summed E-state index contributed by atoms with van der Waals surface area (Å²) in [6, 6.07) is 9.63. The lowest BCUT2D eigenvalue weighted by molar-refractivity contribution is -0.129. The normalized spacial score (nSPS) is 14.3. The first-order chi connectivity index (χ1) is 9.19. The van der Waals surface area contributed by atoms with E-state index in [0.717, 1.165) is 5.56 Å². The molecule has 6 nitrogen and oxygen atoms in total. The standard InChI is InChI=1S/C13H15N3O3/c1-19-13(18)14-8-11-7-12(17)16(15-11)9-10-5-3-2-4-6-10/h2-6H,7-9H2,1H3,(H,14,18). The zero-order valence-corrected chi connectivity index (χ0v) is 10.6. The summed E-state index contributed by atoms with van der Waals surface area (Å²) >= 11 is 0. The summed E-state index contributed by atoms with van der Waals surface area (Å²) in [7, 11) is 1.29. The minimum atomic E-state index is -0.531. The fraction of sp³-hybridized carbons (Fsp3) is 0.308. The second-order valence-electron chi connectivity index (χ2n) is 4.13. The van der Waals surface area contributed by atoms with Crippen LogP contribution in [0.5, 0.6) is 0 Å². The van der Waals surface area contributed by atoms with Gasteiger partial charge in [0.05, 0.1) is 32.3 Å². The molecule has 0 aliphatic carbocycles. The second-order valence-corrected chi connectivity index (χ2v) is 4.13. The molecule has 100 valence electrons. The number of alkyl carbamates (subject to hydrolysis) is 1. The Balaban J connectivity index is 1.93. The van der Waals surface area contributed by atoms with E-state index in [0.29, 0.717) is 12.3 Å². The molecule has 0 atom stereocenters. The molecule has 1 aromatic rings. The van der Waals surface area contributed by atoms with Gasteiger partial charge in [-0.1, -0.05) is 30.3 Å². The molecule has 6 heteroatoms. The van der Waals surface area contributed by atoms with Gasteiger partial charge in [0.25, 0.3) is 0 Å². The number of ether oxygens (including phenoxy) is 1. The van der Waals surface area contributed by atoms with Gasteiger partial charge in [-0.15, -0.1) is 0 Å². The molecule has 2 rings (SSSR count). The van der Waals surface area contributed by atoms with Gasteiger partial charge in [0.15, 0.2) is 0 Å². The Kier molecular flexibility index (Phi) is 4.12. The summed E-state index contributed by atoms with van der Waals surface area (Å²) < 4.78 is 4.46. The van der Waals surface area contributed by atoms with Crippen molar-refractivity contribution in [3.8, 4) is 0 Å². The number of hydrogen-bond acceptors (Lipinski definition) is 4. The Bertz CT molecular complexity index is 499. The molecule has 0 bridgehead atoms. The molecule has 0 aromatic heterocycles. The van der Waals surface area contributed by atoms with E-state index in [1.807, 2.05) is 30.3 Å². The molecule has 0 saturated carbocycles. The molecule has 0 saturated heterocycles. The van der Waals surface area contributed by atoms with Gasteiger partial charge in [0, 0.05) is 0 Å². The van der Waals surface area contributed by atoms with Crippen molar-refractivity contribution in [1.82, 2.24) is 10.3 Å². The van der Waals surface area contributed by atoms with Crippen LogP contribution in [0.15, 0.2) is 35.4 Å². The predicted molar refractivity (Wildman–Crippen MR) is 69.5 cm³/mol.